The number of guanidine groups is 1. The van der Waals surface area contributed by atoms with E-state index in [4.69, 9.17) is 4.74 Å². The summed E-state index contributed by atoms with van der Waals surface area (Å²) in [6.07, 6.45) is 0. The molecule has 2 N–H and O–H groups in total. The Hall–Kier alpha value is -1.74. The largest absolute Gasteiger partial charge is 0.380 e. The number of nitrogens with one attached hydrogen (secondary N) is 2. The molecule has 4 nitrogen and oxygen atoms in total. The Kier molecular flexibility index (Phi) is 10.1. The Morgan fingerprint density at radius 3 is 2.46 bits per heavy atom. The van der Waals surface area contributed by atoms with E-state index in [2.05, 4.69) is 15.6 Å². The Bertz CT molecular complexity index is 726. The maximum Gasteiger partial charge on any atom is 0.191 e. The molecule has 2 rings (SSSR count). The molecule has 0 aliphatic carbocycles. The van der Waals surface area contributed by atoms with Gasteiger partial charge in [-0.25, -0.2) is 13.8 Å². The van der Waals surface area contributed by atoms with Gasteiger partial charge in [-0.15, -0.1) is 24.0 Å². The molecule has 2 aromatic carbocycles. The fraction of sp³-hybridized carbons (Fsp3) is 0.316. The van der Waals surface area contributed by atoms with Gasteiger partial charge in [0.2, 0.25) is 0 Å². The van der Waals surface area contributed by atoms with E-state index in [0.29, 0.717) is 36.7 Å². The predicted octanol–water partition coefficient (Wildman–Crippen LogP) is 3.98. The second kappa shape index (κ2) is 11.8. The van der Waals surface area contributed by atoms with Gasteiger partial charge >= 0.3 is 0 Å². The van der Waals surface area contributed by atoms with Crippen molar-refractivity contribution >= 4 is 29.9 Å². The van der Waals surface area contributed by atoms with Crippen LogP contribution in [0.4, 0.5) is 8.78 Å². The summed E-state index contributed by atoms with van der Waals surface area (Å²) < 4.78 is 32.3. The molecule has 0 aliphatic rings. The lowest BCUT2D eigenvalue weighted by molar-refractivity contribution is 0.181. The Morgan fingerprint density at radius 2 is 1.77 bits per heavy atom. The number of benzene rings is 2. The van der Waals surface area contributed by atoms with E-state index < -0.39 is 0 Å². The molecule has 0 spiro atoms. The number of rotatable bonds is 7. The fourth-order valence-corrected chi connectivity index (χ4v) is 2.33. The third-order valence-electron chi connectivity index (χ3n) is 3.58. The van der Waals surface area contributed by atoms with Gasteiger partial charge in [0.25, 0.3) is 0 Å². The summed E-state index contributed by atoms with van der Waals surface area (Å²) in [6.45, 7) is 3.56. The number of hydrogen-bond acceptors (Lipinski definition) is 2. The minimum atomic E-state index is -0.292. The molecular formula is C19H24F2IN3O. The Morgan fingerprint density at radius 1 is 1.04 bits per heavy atom. The van der Waals surface area contributed by atoms with Crippen molar-refractivity contribution in [1.82, 2.24) is 10.6 Å². The van der Waals surface area contributed by atoms with Crippen LogP contribution in [-0.4, -0.2) is 19.6 Å². The van der Waals surface area contributed by atoms with Gasteiger partial charge in [0.05, 0.1) is 13.2 Å². The monoisotopic (exact) mass is 475 g/mol. The third-order valence-corrected chi connectivity index (χ3v) is 3.58. The number of hydrogen-bond donors (Lipinski definition) is 2. The molecule has 0 atom stereocenters. The van der Waals surface area contributed by atoms with Gasteiger partial charge < -0.3 is 15.4 Å². The van der Waals surface area contributed by atoms with Gasteiger partial charge in [0, 0.05) is 31.3 Å². The second-order valence-corrected chi connectivity index (χ2v) is 5.50. The molecular weight excluding hydrogens is 451 g/mol. The van der Waals surface area contributed by atoms with Crippen LogP contribution in [0.3, 0.4) is 0 Å². The molecule has 0 heterocycles. The maximum absolute atomic E-state index is 13.7. The number of ether oxygens (including phenoxy) is 1. The highest BCUT2D eigenvalue weighted by Gasteiger charge is 2.05. The van der Waals surface area contributed by atoms with Crippen molar-refractivity contribution in [3.8, 4) is 0 Å². The number of halogens is 3. The fourth-order valence-electron chi connectivity index (χ4n) is 2.33. The molecule has 0 bridgehead atoms. The predicted molar refractivity (Wildman–Crippen MR) is 111 cm³/mol. The van der Waals surface area contributed by atoms with Crippen LogP contribution in [0, 0.1) is 11.6 Å². The van der Waals surface area contributed by atoms with Crippen molar-refractivity contribution in [1.29, 1.82) is 0 Å². The Balaban J connectivity index is 0.00000338. The molecule has 0 saturated carbocycles. The number of aliphatic imine (C=N–C) groups is 1. The SMILES string of the molecule is CCNC(=NCc1ccc(F)c(COC)c1)NCc1ccccc1F.I. The van der Waals surface area contributed by atoms with Crippen LogP contribution in [-0.2, 0) is 24.4 Å². The summed E-state index contributed by atoms with van der Waals surface area (Å²) in [6, 6.07) is 11.4. The van der Waals surface area contributed by atoms with E-state index in [9.17, 15) is 8.78 Å². The van der Waals surface area contributed by atoms with E-state index in [1.54, 1.807) is 30.3 Å². The van der Waals surface area contributed by atoms with Crippen LogP contribution in [0.2, 0.25) is 0 Å². The van der Waals surface area contributed by atoms with Gasteiger partial charge in [-0.05, 0) is 30.7 Å². The van der Waals surface area contributed by atoms with Gasteiger partial charge in [-0.1, -0.05) is 24.3 Å². The van der Waals surface area contributed by atoms with Crippen LogP contribution in [0.15, 0.2) is 47.5 Å². The smallest absolute Gasteiger partial charge is 0.191 e. The van der Waals surface area contributed by atoms with Gasteiger partial charge in [0.15, 0.2) is 5.96 Å². The molecule has 0 aliphatic heterocycles. The first kappa shape index (κ1) is 22.3. The summed E-state index contributed by atoms with van der Waals surface area (Å²) in [7, 11) is 1.53. The molecule has 0 saturated heterocycles. The highest BCUT2D eigenvalue weighted by molar-refractivity contribution is 14.0. The average Bonchev–Trinajstić information content (AvgIpc) is 2.61. The normalized spacial score (nSPS) is 11.0. The summed E-state index contributed by atoms with van der Waals surface area (Å²) in [5, 5.41) is 6.21. The lowest BCUT2D eigenvalue weighted by Gasteiger charge is -2.12. The maximum atomic E-state index is 13.7. The number of methoxy groups -OCH3 is 1. The zero-order chi connectivity index (χ0) is 18.1. The Labute approximate surface area is 170 Å². The lowest BCUT2D eigenvalue weighted by Crippen LogP contribution is -2.37. The first-order chi connectivity index (χ1) is 12.1. The molecule has 7 heteroatoms. The van der Waals surface area contributed by atoms with Crippen molar-refractivity contribution in [2.24, 2.45) is 4.99 Å². The van der Waals surface area contributed by atoms with E-state index in [0.717, 1.165) is 5.56 Å². The van der Waals surface area contributed by atoms with E-state index >= 15 is 0 Å². The highest BCUT2D eigenvalue weighted by Crippen LogP contribution is 2.12. The zero-order valence-corrected chi connectivity index (χ0v) is 17.2. The molecule has 142 valence electrons. The van der Waals surface area contributed by atoms with Crippen LogP contribution < -0.4 is 10.6 Å². The average molecular weight is 475 g/mol. The zero-order valence-electron chi connectivity index (χ0n) is 14.9. The number of nitrogens with zero attached hydrogens (tertiary/aromatic N) is 1. The van der Waals surface area contributed by atoms with E-state index in [-0.39, 0.29) is 42.2 Å². The van der Waals surface area contributed by atoms with Crippen LogP contribution in [0.25, 0.3) is 0 Å². The summed E-state index contributed by atoms with van der Waals surface area (Å²) in [5.74, 6) is 0.0242. The minimum Gasteiger partial charge on any atom is -0.380 e. The molecule has 2 aromatic rings. The molecule has 0 amide bonds. The van der Waals surface area contributed by atoms with E-state index in [1.807, 2.05) is 6.92 Å². The van der Waals surface area contributed by atoms with E-state index in [1.165, 1.54) is 19.2 Å². The lowest BCUT2D eigenvalue weighted by atomic mass is 10.1. The van der Waals surface area contributed by atoms with Crippen molar-refractivity contribution in [2.45, 2.75) is 26.6 Å². The van der Waals surface area contributed by atoms with Crippen molar-refractivity contribution in [2.75, 3.05) is 13.7 Å². The second-order valence-electron chi connectivity index (χ2n) is 5.50. The van der Waals surface area contributed by atoms with Crippen LogP contribution in [0.5, 0.6) is 0 Å². The molecule has 0 unspecified atom stereocenters. The third kappa shape index (κ3) is 6.87. The molecule has 0 fully saturated rings. The first-order valence-corrected chi connectivity index (χ1v) is 8.15. The summed E-state index contributed by atoms with van der Waals surface area (Å²) >= 11 is 0. The quantitative estimate of drug-likeness (QED) is 0.362. The van der Waals surface area contributed by atoms with Gasteiger partial charge in [-0.2, -0.15) is 0 Å². The standard InChI is InChI=1S/C19H23F2N3O.HI/c1-3-22-19(24-12-15-6-4-5-7-17(15)20)23-11-14-8-9-18(21)16(10-14)13-25-2;/h4-10H,3,11-13H2,1-2H3,(H2,22,23,24);1H. The van der Waals surface area contributed by atoms with Gasteiger partial charge in [-0.3, -0.25) is 0 Å². The summed E-state index contributed by atoms with van der Waals surface area (Å²) in [4.78, 5) is 4.47. The van der Waals surface area contributed by atoms with Crippen molar-refractivity contribution in [3.05, 3.63) is 70.8 Å². The van der Waals surface area contributed by atoms with Crippen LogP contribution in [0.1, 0.15) is 23.6 Å². The highest BCUT2D eigenvalue weighted by atomic mass is 127. The first-order valence-electron chi connectivity index (χ1n) is 8.15. The summed E-state index contributed by atoms with van der Waals surface area (Å²) in [5.41, 5.74) is 1.94. The van der Waals surface area contributed by atoms with Crippen LogP contribution >= 0.6 is 24.0 Å². The van der Waals surface area contributed by atoms with Gasteiger partial charge in [0.1, 0.15) is 11.6 Å². The molecule has 0 radical (unpaired) electrons. The van der Waals surface area contributed by atoms with Crippen molar-refractivity contribution in [3.63, 3.8) is 0 Å². The van der Waals surface area contributed by atoms with Crippen molar-refractivity contribution < 1.29 is 13.5 Å². The molecule has 26 heavy (non-hydrogen) atoms. The topological polar surface area (TPSA) is 45.7 Å². The minimum absolute atomic E-state index is 0. The molecule has 0 aromatic heterocycles.